The predicted molar refractivity (Wildman–Crippen MR) is 94.0 cm³/mol. The van der Waals surface area contributed by atoms with E-state index < -0.39 is 5.92 Å². The van der Waals surface area contributed by atoms with Crippen molar-refractivity contribution in [2.45, 2.75) is 32.6 Å². The van der Waals surface area contributed by atoms with Gasteiger partial charge in [0, 0.05) is 29.6 Å². The highest BCUT2D eigenvalue weighted by atomic mass is 16.5. The topological polar surface area (TPSA) is 91.9 Å². The Morgan fingerprint density at radius 1 is 1.32 bits per heavy atom. The maximum Gasteiger partial charge on any atom is 0.205 e. The van der Waals surface area contributed by atoms with Gasteiger partial charge in [-0.25, -0.2) is 0 Å². The SMILES string of the molecule is CC1(C)CC(=O)C2=C(C1)OC(N)=C(C#N)[C@@H]2c1cc2ccccc2[nH]1. The van der Waals surface area contributed by atoms with Crippen molar-refractivity contribution in [1.29, 1.82) is 5.26 Å². The van der Waals surface area contributed by atoms with E-state index in [4.69, 9.17) is 10.5 Å². The van der Waals surface area contributed by atoms with E-state index in [1.807, 2.05) is 44.2 Å². The van der Waals surface area contributed by atoms with E-state index in [2.05, 4.69) is 11.1 Å². The third kappa shape index (κ3) is 2.42. The number of aromatic nitrogens is 1. The molecule has 0 fully saturated rings. The van der Waals surface area contributed by atoms with Crippen LogP contribution in [0.1, 0.15) is 38.3 Å². The molecule has 0 amide bonds. The zero-order valence-corrected chi connectivity index (χ0v) is 14.2. The van der Waals surface area contributed by atoms with Gasteiger partial charge in [0.25, 0.3) is 0 Å². The Morgan fingerprint density at radius 3 is 2.80 bits per heavy atom. The van der Waals surface area contributed by atoms with Gasteiger partial charge in [-0.3, -0.25) is 4.79 Å². The van der Waals surface area contributed by atoms with Crippen molar-refractivity contribution in [3.63, 3.8) is 0 Å². The molecule has 1 aliphatic carbocycles. The highest BCUT2D eigenvalue weighted by molar-refractivity contribution is 6.00. The number of fused-ring (bicyclic) bond motifs is 1. The third-order valence-corrected chi connectivity index (χ3v) is 4.94. The van der Waals surface area contributed by atoms with Crippen LogP contribution in [0.15, 0.2) is 53.1 Å². The van der Waals surface area contributed by atoms with Gasteiger partial charge in [-0.15, -0.1) is 0 Å². The molecule has 4 rings (SSSR count). The number of rotatable bonds is 1. The molecule has 126 valence electrons. The number of nitrogens with zero attached hydrogens (tertiary/aromatic N) is 1. The second-order valence-electron chi connectivity index (χ2n) is 7.51. The van der Waals surface area contributed by atoms with Crippen molar-refractivity contribution in [1.82, 2.24) is 4.98 Å². The smallest absolute Gasteiger partial charge is 0.205 e. The van der Waals surface area contributed by atoms with Gasteiger partial charge in [0.05, 0.1) is 5.92 Å². The first-order valence-electron chi connectivity index (χ1n) is 8.31. The van der Waals surface area contributed by atoms with E-state index in [1.54, 1.807) is 0 Å². The van der Waals surface area contributed by atoms with Gasteiger partial charge in [0.2, 0.25) is 5.88 Å². The zero-order chi connectivity index (χ0) is 17.8. The minimum absolute atomic E-state index is 0.0233. The molecule has 0 bridgehead atoms. The van der Waals surface area contributed by atoms with E-state index in [1.165, 1.54) is 0 Å². The number of carbonyl (C=O) groups is 1. The lowest BCUT2D eigenvalue weighted by molar-refractivity contribution is -0.119. The fourth-order valence-electron chi connectivity index (χ4n) is 3.85. The predicted octanol–water partition coefficient (Wildman–Crippen LogP) is 3.62. The van der Waals surface area contributed by atoms with Gasteiger partial charge in [0.15, 0.2) is 5.78 Å². The second kappa shape index (κ2) is 5.25. The summed E-state index contributed by atoms with van der Waals surface area (Å²) < 4.78 is 5.71. The van der Waals surface area contributed by atoms with Crippen molar-refractivity contribution in [2.75, 3.05) is 0 Å². The summed E-state index contributed by atoms with van der Waals surface area (Å²) in [4.78, 5) is 16.2. The number of nitrogens with two attached hydrogens (primary N) is 1. The maximum atomic E-state index is 12.9. The Labute approximate surface area is 145 Å². The number of benzene rings is 1. The molecule has 3 N–H and O–H groups in total. The average Bonchev–Trinajstić information content (AvgIpc) is 2.96. The lowest BCUT2D eigenvalue weighted by Crippen LogP contribution is -2.33. The van der Waals surface area contributed by atoms with Crippen molar-refractivity contribution in [3.05, 3.63) is 58.8 Å². The lowest BCUT2D eigenvalue weighted by Gasteiger charge is -2.36. The number of allylic oxidation sites excluding steroid dienone is 3. The summed E-state index contributed by atoms with van der Waals surface area (Å²) in [6.07, 6.45) is 1.06. The van der Waals surface area contributed by atoms with E-state index in [0.717, 1.165) is 16.6 Å². The summed E-state index contributed by atoms with van der Waals surface area (Å²) >= 11 is 0. The molecule has 0 saturated heterocycles. The van der Waals surface area contributed by atoms with Gasteiger partial charge in [-0.1, -0.05) is 32.0 Å². The Balaban J connectivity index is 1.92. The molecule has 0 spiro atoms. The molecule has 0 unspecified atom stereocenters. The molecule has 1 aliphatic heterocycles. The van der Waals surface area contributed by atoms with Gasteiger partial charge in [-0.2, -0.15) is 5.26 Å². The molecular formula is C20H19N3O2. The number of H-pyrrole nitrogens is 1. The van der Waals surface area contributed by atoms with Crippen LogP contribution in [0.25, 0.3) is 10.9 Å². The van der Waals surface area contributed by atoms with Gasteiger partial charge in [-0.05, 0) is 22.9 Å². The summed E-state index contributed by atoms with van der Waals surface area (Å²) in [5, 5.41) is 10.7. The fourth-order valence-corrected chi connectivity index (χ4v) is 3.85. The fraction of sp³-hybridized carbons (Fsp3) is 0.300. The number of aromatic amines is 1. The number of nitriles is 1. The van der Waals surface area contributed by atoms with Crippen molar-refractivity contribution < 1.29 is 9.53 Å². The zero-order valence-electron chi connectivity index (χ0n) is 14.2. The molecule has 2 aromatic rings. The van der Waals surface area contributed by atoms with Crippen LogP contribution in [0, 0.1) is 16.7 Å². The third-order valence-electron chi connectivity index (χ3n) is 4.94. The number of carbonyl (C=O) groups excluding carboxylic acids is 1. The summed E-state index contributed by atoms with van der Waals surface area (Å²) in [6, 6.07) is 12.0. The summed E-state index contributed by atoms with van der Waals surface area (Å²) in [7, 11) is 0. The van der Waals surface area contributed by atoms with Crippen LogP contribution in [0.3, 0.4) is 0 Å². The highest BCUT2D eigenvalue weighted by Crippen LogP contribution is 2.47. The normalized spacial score (nSPS) is 22.6. The Hall–Kier alpha value is -3.00. The molecule has 1 aromatic heterocycles. The molecule has 1 aromatic carbocycles. The monoisotopic (exact) mass is 333 g/mol. The van der Waals surface area contributed by atoms with Crippen molar-refractivity contribution >= 4 is 16.7 Å². The van der Waals surface area contributed by atoms with Crippen LogP contribution in [-0.2, 0) is 9.53 Å². The first kappa shape index (κ1) is 15.5. The van der Waals surface area contributed by atoms with E-state index in [-0.39, 0.29) is 17.1 Å². The van der Waals surface area contributed by atoms with Crippen LogP contribution in [0.4, 0.5) is 0 Å². The number of para-hydroxylation sites is 1. The van der Waals surface area contributed by atoms with Crippen LogP contribution in [0.5, 0.6) is 0 Å². The summed E-state index contributed by atoms with van der Waals surface area (Å²) in [5.74, 6) is 0.219. The average molecular weight is 333 g/mol. The van der Waals surface area contributed by atoms with Gasteiger partial charge < -0.3 is 15.5 Å². The number of nitrogens with one attached hydrogen (secondary N) is 1. The quantitative estimate of drug-likeness (QED) is 0.833. The molecule has 5 nitrogen and oxygen atoms in total. The number of Topliss-reactive ketones (excluding diaryl/α,β-unsaturated/α-hetero) is 1. The maximum absolute atomic E-state index is 12.9. The second-order valence-corrected chi connectivity index (χ2v) is 7.51. The van der Waals surface area contributed by atoms with Crippen molar-refractivity contribution in [3.8, 4) is 6.07 Å². The van der Waals surface area contributed by atoms with Crippen LogP contribution in [-0.4, -0.2) is 10.8 Å². The van der Waals surface area contributed by atoms with Gasteiger partial charge >= 0.3 is 0 Å². The molecule has 5 heteroatoms. The Morgan fingerprint density at radius 2 is 2.08 bits per heavy atom. The summed E-state index contributed by atoms with van der Waals surface area (Å²) in [6.45, 7) is 4.07. The molecule has 1 atom stereocenters. The molecule has 2 heterocycles. The lowest BCUT2D eigenvalue weighted by atomic mass is 9.71. The van der Waals surface area contributed by atoms with E-state index in [9.17, 15) is 10.1 Å². The Bertz CT molecular complexity index is 968. The minimum atomic E-state index is -0.496. The van der Waals surface area contributed by atoms with E-state index in [0.29, 0.717) is 29.7 Å². The largest absolute Gasteiger partial charge is 0.444 e. The van der Waals surface area contributed by atoms with Crippen LogP contribution in [0.2, 0.25) is 0 Å². The van der Waals surface area contributed by atoms with Gasteiger partial charge in [0.1, 0.15) is 17.4 Å². The molecule has 25 heavy (non-hydrogen) atoms. The molecular weight excluding hydrogens is 314 g/mol. The number of ketones is 1. The Kier molecular flexibility index (Phi) is 3.26. The van der Waals surface area contributed by atoms with Crippen LogP contribution >= 0.6 is 0 Å². The summed E-state index contributed by atoms with van der Waals surface area (Å²) in [5.41, 5.74) is 8.47. The molecule has 0 saturated carbocycles. The first-order valence-corrected chi connectivity index (χ1v) is 8.31. The molecule has 2 aliphatic rings. The van der Waals surface area contributed by atoms with Crippen LogP contribution < -0.4 is 5.73 Å². The minimum Gasteiger partial charge on any atom is -0.444 e. The number of ether oxygens (including phenoxy) is 1. The van der Waals surface area contributed by atoms with E-state index >= 15 is 0 Å². The molecule has 0 radical (unpaired) electrons. The number of hydrogen-bond donors (Lipinski definition) is 2. The standard InChI is InChI=1S/C20H19N3O2/c1-20(2)8-15(24)18-16(9-20)25-19(22)12(10-21)17(18)14-7-11-5-3-4-6-13(11)23-14/h3-7,17,23H,8-9,22H2,1-2H3/t17-/m1/s1. The highest BCUT2D eigenvalue weighted by Gasteiger charge is 2.43. The number of hydrogen-bond acceptors (Lipinski definition) is 4. The van der Waals surface area contributed by atoms with Crippen molar-refractivity contribution in [2.24, 2.45) is 11.1 Å². The first-order chi connectivity index (χ1) is 11.9.